The number of amides is 1. The molecule has 3 rings (SSSR count). The van der Waals surface area contributed by atoms with Gasteiger partial charge >= 0.3 is 0 Å². The second-order valence-electron chi connectivity index (χ2n) is 5.40. The van der Waals surface area contributed by atoms with Crippen molar-refractivity contribution in [3.05, 3.63) is 59.7 Å². The van der Waals surface area contributed by atoms with Gasteiger partial charge in [-0.3, -0.25) is 9.69 Å². The van der Waals surface area contributed by atoms with Gasteiger partial charge in [0.1, 0.15) is 0 Å². The molecule has 0 aliphatic carbocycles. The average Bonchev–Trinajstić information content (AvgIpc) is 2.47. The number of nitrogens with one attached hydrogen (secondary N) is 1. The van der Waals surface area contributed by atoms with Crippen molar-refractivity contribution < 1.29 is 4.79 Å². The highest BCUT2D eigenvalue weighted by atomic mass is 16.2. The Bertz CT molecular complexity index is 654. The topological polar surface area (TPSA) is 58.4 Å². The summed E-state index contributed by atoms with van der Waals surface area (Å²) >= 11 is 0. The molecular formula is C17H19N3O. The second-order valence-corrected chi connectivity index (χ2v) is 5.40. The van der Waals surface area contributed by atoms with Crippen LogP contribution in [0.15, 0.2) is 48.5 Å². The first-order valence-electron chi connectivity index (χ1n) is 7.15. The molecule has 0 bridgehead atoms. The third kappa shape index (κ3) is 3.41. The van der Waals surface area contributed by atoms with Crippen LogP contribution in [0.4, 0.5) is 11.4 Å². The minimum atomic E-state index is -0.0000175. The highest BCUT2D eigenvalue weighted by Crippen LogP contribution is 2.18. The normalized spacial score (nSPS) is 14.5. The maximum absolute atomic E-state index is 12.1. The summed E-state index contributed by atoms with van der Waals surface area (Å²) in [6.07, 6.45) is 1.00. The van der Waals surface area contributed by atoms with E-state index in [1.807, 2.05) is 12.1 Å². The lowest BCUT2D eigenvalue weighted by molar-refractivity contribution is -0.117. The molecule has 108 valence electrons. The Labute approximate surface area is 124 Å². The summed E-state index contributed by atoms with van der Waals surface area (Å²) in [5, 5.41) is 2.89. The Kier molecular flexibility index (Phi) is 3.88. The summed E-state index contributed by atoms with van der Waals surface area (Å²) in [6.45, 7) is 2.16. The van der Waals surface area contributed by atoms with E-state index in [1.165, 1.54) is 11.1 Å². The third-order valence-corrected chi connectivity index (χ3v) is 3.75. The van der Waals surface area contributed by atoms with E-state index in [1.54, 1.807) is 12.1 Å². The van der Waals surface area contributed by atoms with E-state index >= 15 is 0 Å². The third-order valence-electron chi connectivity index (χ3n) is 3.75. The van der Waals surface area contributed by atoms with Gasteiger partial charge in [-0.15, -0.1) is 0 Å². The van der Waals surface area contributed by atoms with Crippen LogP contribution >= 0.6 is 0 Å². The molecule has 0 saturated carbocycles. The first-order valence-corrected chi connectivity index (χ1v) is 7.15. The van der Waals surface area contributed by atoms with Gasteiger partial charge in [0, 0.05) is 24.5 Å². The van der Waals surface area contributed by atoms with Gasteiger partial charge in [-0.05, 0) is 35.7 Å². The van der Waals surface area contributed by atoms with Crippen LogP contribution in [0, 0.1) is 0 Å². The van der Waals surface area contributed by atoms with E-state index in [0.717, 1.165) is 25.2 Å². The summed E-state index contributed by atoms with van der Waals surface area (Å²) in [4.78, 5) is 14.3. The zero-order valence-electron chi connectivity index (χ0n) is 11.9. The molecule has 0 unspecified atom stereocenters. The molecule has 21 heavy (non-hydrogen) atoms. The maximum Gasteiger partial charge on any atom is 0.238 e. The summed E-state index contributed by atoms with van der Waals surface area (Å²) in [7, 11) is 0. The van der Waals surface area contributed by atoms with E-state index in [-0.39, 0.29) is 5.91 Å². The molecule has 4 heteroatoms. The Morgan fingerprint density at radius 3 is 2.76 bits per heavy atom. The number of nitrogens with zero attached hydrogens (tertiary/aromatic N) is 1. The van der Waals surface area contributed by atoms with Crippen LogP contribution in [-0.4, -0.2) is 23.9 Å². The number of carbonyl (C=O) groups is 1. The SMILES string of the molecule is Nc1cccc(NC(=O)CN2CCc3ccccc3C2)c1. The molecule has 1 aliphatic heterocycles. The molecule has 2 aromatic rings. The molecular weight excluding hydrogens is 262 g/mol. The van der Waals surface area contributed by atoms with Gasteiger partial charge in [0.2, 0.25) is 5.91 Å². The van der Waals surface area contributed by atoms with Gasteiger partial charge in [0.05, 0.1) is 6.54 Å². The fourth-order valence-corrected chi connectivity index (χ4v) is 2.71. The van der Waals surface area contributed by atoms with Crippen molar-refractivity contribution in [1.82, 2.24) is 4.90 Å². The van der Waals surface area contributed by atoms with Crippen LogP contribution in [0.5, 0.6) is 0 Å². The van der Waals surface area contributed by atoms with Gasteiger partial charge in [0.25, 0.3) is 0 Å². The molecule has 0 saturated heterocycles. The van der Waals surface area contributed by atoms with Gasteiger partial charge in [-0.25, -0.2) is 0 Å². The Morgan fingerprint density at radius 2 is 1.95 bits per heavy atom. The van der Waals surface area contributed by atoms with Crippen molar-refractivity contribution in [1.29, 1.82) is 0 Å². The lowest BCUT2D eigenvalue weighted by atomic mass is 10.00. The summed E-state index contributed by atoms with van der Waals surface area (Å²) in [5.74, 6) is -0.0000175. The molecule has 0 aromatic heterocycles. The van der Waals surface area contributed by atoms with Crippen molar-refractivity contribution >= 4 is 17.3 Å². The van der Waals surface area contributed by atoms with Crippen LogP contribution in [0.2, 0.25) is 0 Å². The maximum atomic E-state index is 12.1. The molecule has 0 radical (unpaired) electrons. The fourth-order valence-electron chi connectivity index (χ4n) is 2.71. The molecule has 1 heterocycles. The number of hydrogen-bond donors (Lipinski definition) is 2. The molecule has 0 atom stereocenters. The number of hydrogen-bond acceptors (Lipinski definition) is 3. The van der Waals surface area contributed by atoms with Gasteiger partial charge in [0.15, 0.2) is 0 Å². The highest BCUT2D eigenvalue weighted by Gasteiger charge is 2.17. The van der Waals surface area contributed by atoms with Crippen LogP contribution in [0.25, 0.3) is 0 Å². The van der Waals surface area contributed by atoms with E-state index in [2.05, 4.69) is 34.5 Å². The molecule has 2 aromatic carbocycles. The predicted molar refractivity (Wildman–Crippen MR) is 84.9 cm³/mol. The minimum Gasteiger partial charge on any atom is -0.399 e. The van der Waals surface area contributed by atoms with E-state index in [4.69, 9.17) is 5.73 Å². The van der Waals surface area contributed by atoms with Crippen LogP contribution in [0.1, 0.15) is 11.1 Å². The molecule has 1 aliphatic rings. The zero-order chi connectivity index (χ0) is 14.7. The molecule has 0 fully saturated rings. The van der Waals surface area contributed by atoms with Gasteiger partial charge in [-0.1, -0.05) is 30.3 Å². The number of nitrogen functional groups attached to an aromatic ring is 1. The van der Waals surface area contributed by atoms with Crippen molar-refractivity contribution in [3.63, 3.8) is 0 Å². The van der Waals surface area contributed by atoms with Gasteiger partial charge < -0.3 is 11.1 Å². The Morgan fingerprint density at radius 1 is 1.14 bits per heavy atom. The minimum absolute atomic E-state index is 0.0000175. The summed E-state index contributed by atoms with van der Waals surface area (Å²) in [6, 6.07) is 15.7. The molecule has 1 amide bonds. The monoisotopic (exact) mass is 281 g/mol. The molecule has 0 spiro atoms. The number of rotatable bonds is 3. The largest absolute Gasteiger partial charge is 0.399 e. The second kappa shape index (κ2) is 5.97. The number of carbonyl (C=O) groups excluding carboxylic acids is 1. The standard InChI is InChI=1S/C17H19N3O/c18-15-6-3-7-16(10-15)19-17(21)12-20-9-8-13-4-1-2-5-14(13)11-20/h1-7,10H,8-9,11-12,18H2,(H,19,21). The predicted octanol–water partition coefficient (Wildman–Crippen LogP) is 2.27. The zero-order valence-corrected chi connectivity index (χ0v) is 11.9. The Hall–Kier alpha value is -2.33. The lowest BCUT2D eigenvalue weighted by Crippen LogP contribution is -2.37. The fraction of sp³-hybridized carbons (Fsp3) is 0.235. The van der Waals surface area contributed by atoms with Gasteiger partial charge in [-0.2, -0.15) is 0 Å². The molecule has 3 N–H and O–H groups in total. The van der Waals surface area contributed by atoms with E-state index < -0.39 is 0 Å². The van der Waals surface area contributed by atoms with E-state index in [9.17, 15) is 4.79 Å². The number of fused-ring (bicyclic) bond motifs is 1. The smallest absolute Gasteiger partial charge is 0.238 e. The van der Waals surface area contributed by atoms with Crippen molar-refractivity contribution in [3.8, 4) is 0 Å². The first kappa shape index (κ1) is 13.6. The number of anilines is 2. The van der Waals surface area contributed by atoms with Crippen molar-refractivity contribution in [2.24, 2.45) is 0 Å². The van der Waals surface area contributed by atoms with Crippen molar-refractivity contribution in [2.75, 3.05) is 24.1 Å². The number of benzene rings is 2. The quantitative estimate of drug-likeness (QED) is 0.849. The summed E-state index contributed by atoms with van der Waals surface area (Å²) < 4.78 is 0. The Balaban J connectivity index is 1.59. The first-order chi connectivity index (χ1) is 10.2. The molecule has 4 nitrogen and oxygen atoms in total. The van der Waals surface area contributed by atoms with Crippen LogP contribution in [0.3, 0.4) is 0 Å². The van der Waals surface area contributed by atoms with Crippen LogP contribution < -0.4 is 11.1 Å². The van der Waals surface area contributed by atoms with Crippen molar-refractivity contribution in [2.45, 2.75) is 13.0 Å². The average molecular weight is 281 g/mol. The summed E-state index contributed by atoms with van der Waals surface area (Å²) in [5.41, 5.74) is 9.82. The number of nitrogens with two attached hydrogens (primary N) is 1. The van der Waals surface area contributed by atoms with Crippen LogP contribution in [-0.2, 0) is 17.8 Å². The lowest BCUT2D eigenvalue weighted by Gasteiger charge is -2.28. The van der Waals surface area contributed by atoms with E-state index in [0.29, 0.717) is 12.2 Å². The highest BCUT2D eigenvalue weighted by molar-refractivity contribution is 5.92.